The molecule has 0 unspecified atom stereocenters. The highest BCUT2D eigenvalue weighted by molar-refractivity contribution is 5.78. The van der Waals surface area contributed by atoms with Crippen molar-refractivity contribution in [1.82, 2.24) is 0 Å². The lowest BCUT2D eigenvalue weighted by atomic mass is 10.0. The average Bonchev–Trinajstić information content (AvgIpc) is 2.29. The molecule has 2 aromatic carbocycles. The summed E-state index contributed by atoms with van der Waals surface area (Å²) >= 11 is 0. The second-order valence-corrected chi connectivity index (χ2v) is 3.96. The molecule has 0 radical (unpaired) electrons. The normalized spacial score (nSPS) is 10.1. The summed E-state index contributed by atoms with van der Waals surface area (Å²) in [5.41, 5.74) is 3.31. The summed E-state index contributed by atoms with van der Waals surface area (Å²) in [6.45, 7) is 0. The SMILES string of the molecule is CN(C)c1ccccc1-c1cccc(O)c1. The maximum atomic E-state index is 9.49. The van der Waals surface area contributed by atoms with Crippen molar-refractivity contribution < 1.29 is 5.11 Å². The summed E-state index contributed by atoms with van der Waals surface area (Å²) in [6.07, 6.45) is 0. The molecule has 0 saturated heterocycles. The van der Waals surface area contributed by atoms with Gasteiger partial charge in [-0.2, -0.15) is 0 Å². The van der Waals surface area contributed by atoms with Gasteiger partial charge in [0.15, 0.2) is 0 Å². The first kappa shape index (κ1) is 10.6. The van der Waals surface area contributed by atoms with Crippen LogP contribution in [0.1, 0.15) is 0 Å². The molecule has 1 N–H and O–H groups in total. The van der Waals surface area contributed by atoms with Crippen molar-refractivity contribution in [2.75, 3.05) is 19.0 Å². The topological polar surface area (TPSA) is 23.5 Å². The van der Waals surface area contributed by atoms with Gasteiger partial charge in [0.05, 0.1) is 0 Å². The molecular formula is C14H15NO. The molecule has 2 rings (SSSR count). The summed E-state index contributed by atoms with van der Waals surface area (Å²) in [5, 5.41) is 9.49. The largest absolute Gasteiger partial charge is 0.508 e. The predicted molar refractivity (Wildman–Crippen MR) is 67.9 cm³/mol. The predicted octanol–water partition coefficient (Wildman–Crippen LogP) is 3.13. The lowest BCUT2D eigenvalue weighted by Crippen LogP contribution is -2.09. The number of phenols is 1. The molecule has 2 aromatic rings. The average molecular weight is 213 g/mol. The van der Waals surface area contributed by atoms with Crippen LogP contribution in [-0.2, 0) is 0 Å². The van der Waals surface area contributed by atoms with Gasteiger partial charge >= 0.3 is 0 Å². The second-order valence-electron chi connectivity index (χ2n) is 3.96. The third-order valence-corrected chi connectivity index (χ3v) is 2.54. The van der Waals surface area contributed by atoms with Crippen LogP contribution in [0.15, 0.2) is 48.5 Å². The first-order valence-electron chi connectivity index (χ1n) is 5.24. The minimum Gasteiger partial charge on any atom is -0.508 e. The van der Waals surface area contributed by atoms with E-state index in [4.69, 9.17) is 0 Å². The molecule has 2 nitrogen and oxygen atoms in total. The number of para-hydroxylation sites is 1. The molecule has 0 fully saturated rings. The lowest BCUT2D eigenvalue weighted by molar-refractivity contribution is 0.475. The number of anilines is 1. The molecule has 0 aliphatic rings. The number of phenolic OH excluding ortho intramolecular Hbond substituents is 1. The van der Waals surface area contributed by atoms with Gasteiger partial charge in [-0.05, 0) is 23.8 Å². The van der Waals surface area contributed by atoms with Crippen LogP contribution in [0.3, 0.4) is 0 Å². The molecular weight excluding hydrogens is 198 g/mol. The Bertz CT molecular complexity index is 492. The van der Waals surface area contributed by atoms with Gasteiger partial charge in [-0.1, -0.05) is 30.3 Å². The number of benzene rings is 2. The third-order valence-electron chi connectivity index (χ3n) is 2.54. The van der Waals surface area contributed by atoms with Gasteiger partial charge in [-0.15, -0.1) is 0 Å². The number of rotatable bonds is 2. The van der Waals surface area contributed by atoms with Crippen LogP contribution in [-0.4, -0.2) is 19.2 Å². The van der Waals surface area contributed by atoms with Crippen molar-refractivity contribution >= 4 is 5.69 Å². The van der Waals surface area contributed by atoms with E-state index in [0.717, 1.165) is 16.8 Å². The Morgan fingerprint density at radius 1 is 0.938 bits per heavy atom. The molecule has 16 heavy (non-hydrogen) atoms. The van der Waals surface area contributed by atoms with Crippen molar-refractivity contribution in [3.8, 4) is 16.9 Å². The Balaban J connectivity index is 2.55. The highest BCUT2D eigenvalue weighted by Gasteiger charge is 2.05. The van der Waals surface area contributed by atoms with Crippen LogP contribution in [0.25, 0.3) is 11.1 Å². The van der Waals surface area contributed by atoms with Crippen LogP contribution in [0, 0.1) is 0 Å². The first-order valence-corrected chi connectivity index (χ1v) is 5.24. The van der Waals surface area contributed by atoms with Gasteiger partial charge in [0.1, 0.15) is 5.75 Å². The van der Waals surface area contributed by atoms with Crippen molar-refractivity contribution in [2.24, 2.45) is 0 Å². The lowest BCUT2D eigenvalue weighted by Gasteiger charge is -2.17. The van der Waals surface area contributed by atoms with E-state index < -0.39 is 0 Å². The summed E-state index contributed by atoms with van der Waals surface area (Å²) < 4.78 is 0. The van der Waals surface area contributed by atoms with Crippen LogP contribution in [0.4, 0.5) is 5.69 Å². The van der Waals surface area contributed by atoms with E-state index in [2.05, 4.69) is 17.0 Å². The number of nitrogens with zero attached hydrogens (tertiary/aromatic N) is 1. The number of aromatic hydroxyl groups is 1. The summed E-state index contributed by atoms with van der Waals surface area (Å²) in [6, 6.07) is 15.5. The fourth-order valence-corrected chi connectivity index (χ4v) is 1.78. The number of hydrogen-bond donors (Lipinski definition) is 1. The van der Waals surface area contributed by atoms with E-state index in [1.54, 1.807) is 12.1 Å². The van der Waals surface area contributed by atoms with Crippen molar-refractivity contribution in [2.45, 2.75) is 0 Å². The zero-order valence-corrected chi connectivity index (χ0v) is 9.51. The van der Waals surface area contributed by atoms with Crippen LogP contribution >= 0.6 is 0 Å². The van der Waals surface area contributed by atoms with Gasteiger partial charge < -0.3 is 10.0 Å². The molecule has 0 heterocycles. The fourth-order valence-electron chi connectivity index (χ4n) is 1.78. The molecule has 0 bridgehead atoms. The molecule has 82 valence electrons. The minimum atomic E-state index is 0.297. The molecule has 0 saturated carbocycles. The van der Waals surface area contributed by atoms with Gasteiger partial charge in [0.25, 0.3) is 0 Å². The van der Waals surface area contributed by atoms with Crippen LogP contribution in [0.2, 0.25) is 0 Å². The van der Waals surface area contributed by atoms with E-state index in [9.17, 15) is 5.11 Å². The quantitative estimate of drug-likeness (QED) is 0.828. The molecule has 0 atom stereocenters. The highest BCUT2D eigenvalue weighted by atomic mass is 16.3. The summed E-state index contributed by atoms with van der Waals surface area (Å²) in [5.74, 6) is 0.297. The van der Waals surface area contributed by atoms with E-state index in [1.807, 2.05) is 38.4 Å². The van der Waals surface area contributed by atoms with Crippen LogP contribution < -0.4 is 4.90 Å². The van der Waals surface area contributed by atoms with Crippen molar-refractivity contribution in [1.29, 1.82) is 0 Å². The van der Waals surface area contributed by atoms with Gasteiger partial charge in [-0.3, -0.25) is 0 Å². The van der Waals surface area contributed by atoms with Gasteiger partial charge in [-0.25, -0.2) is 0 Å². The van der Waals surface area contributed by atoms with Gasteiger partial charge in [0.2, 0.25) is 0 Å². The first-order chi connectivity index (χ1) is 7.68. The van der Waals surface area contributed by atoms with Gasteiger partial charge in [0, 0.05) is 25.3 Å². The molecule has 0 aromatic heterocycles. The Morgan fingerprint density at radius 2 is 1.69 bits per heavy atom. The summed E-state index contributed by atoms with van der Waals surface area (Å²) in [7, 11) is 4.03. The van der Waals surface area contributed by atoms with Crippen LogP contribution in [0.5, 0.6) is 5.75 Å². The Morgan fingerprint density at radius 3 is 2.38 bits per heavy atom. The summed E-state index contributed by atoms with van der Waals surface area (Å²) in [4.78, 5) is 2.07. The number of hydrogen-bond acceptors (Lipinski definition) is 2. The molecule has 0 aliphatic heterocycles. The van der Waals surface area contributed by atoms with Crippen molar-refractivity contribution in [3.63, 3.8) is 0 Å². The van der Waals surface area contributed by atoms with E-state index in [1.165, 1.54) is 0 Å². The molecule has 0 aliphatic carbocycles. The molecule has 0 spiro atoms. The highest BCUT2D eigenvalue weighted by Crippen LogP contribution is 2.31. The van der Waals surface area contributed by atoms with Crippen molar-refractivity contribution in [3.05, 3.63) is 48.5 Å². The zero-order valence-electron chi connectivity index (χ0n) is 9.51. The molecule has 0 amide bonds. The maximum absolute atomic E-state index is 9.49. The molecule has 2 heteroatoms. The van der Waals surface area contributed by atoms with E-state index in [-0.39, 0.29) is 0 Å². The maximum Gasteiger partial charge on any atom is 0.116 e. The Hall–Kier alpha value is -1.96. The standard InChI is InChI=1S/C14H15NO/c1-15(2)14-9-4-3-8-13(14)11-6-5-7-12(16)10-11/h3-10,16H,1-2H3. The monoisotopic (exact) mass is 213 g/mol. The van der Waals surface area contributed by atoms with E-state index in [0.29, 0.717) is 5.75 Å². The smallest absolute Gasteiger partial charge is 0.116 e. The minimum absolute atomic E-state index is 0.297. The second kappa shape index (κ2) is 4.27. The Labute approximate surface area is 95.8 Å². The fraction of sp³-hybridized carbons (Fsp3) is 0.143. The Kier molecular flexibility index (Phi) is 2.82. The van der Waals surface area contributed by atoms with E-state index >= 15 is 0 Å². The third kappa shape index (κ3) is 2.01. The zero-order chi connectivity index (χ0) is 11.5.